The fourth-order valence-electron chi connectivity index (χ4n) is 2.41. The smallest absolute Gasteiger partial charge is 0.268 e. The summed E-state index contributed by atoms with van der Waals surface area (Å²) in [6.07, 6.45) is 1.16. The van der Waals surface area contributed by atoms with Crippen LogP contribution in [0, 0.1) is 0 Å². The Morgan fingerprint density at radius 2 is 1.71 bits per heavy atom. The van der Waals surface area contributed by atoms with Crippen LogP contribution in [0.2, 0.25) is 0 Å². The third kappa shape index (κ3) is 6.28. The summed E-state index contributed by atoms with van der Waals surface area (Å²) in [5, 5.41) is 15.8. The van der Waals surface area contributed by atoms with Crippen LogP contribution in [-0.4, -0.2) is 30.9 Å². The van der Waals surface area contributed by atoms with Crippen LogP contribution in [0.3, 0.4) is 0 Å². The molecule has 0 bridgehead atoms. The molecule has 28 heavy (non-hydrogen) atoms. The Kier molecular flexibility index (Phi) is 7.33. The quantitative estimate of drug-likeness (QED) is 0.666. The topological polar surface area (TPSA) is 108 Å². The molecule has 1 atom stereocenters. The van der Waals surface area contributed by atoms with E-state index in [1.54, 1.807) is 61.7 Å². The van der Waals surface area contributed by atoms with E-state index in [-0.39, 0.29) is 12.1 Å². The molecule has 0 radical (unpaired) electrons. The lowest BCUT2D eigenvalue weighted by molar-refractivity contribution is -0.306. The van der Waals surface area contributed by atoms with Crippen LogP contribution in [0.25, 0.3) is 6.08 Å². The molecule has 7 nitrogen and oxygen atoms in total. The molecule has 2 aromatic rings. The summed E-state index contributed by atoms with van der Waals surface area (Å²) in [6.45, 7) is 1.54. The highest BCUT2D eigenvalue weighted by atomic mass is 16.5. The van der Waals surface area contributed by atoms with Gasteiger partial charge < -0.3 is 25.3 Å². The second-order valence-corrected chi connectivity index (χ2v) is 6.10. The Morgan fingerprint density at radius 1 is 1.07 bits per heavy atom. The number of hydrogen-bond donors (Lipinski definition) is 2. The second kappa shape index (κ2) is 9.91. The van der Waals surface area contributed by atoms with Crippen molar-refractivity contribution in [1.29, 1.82) is 0 Å². The Hall–Kier alpha value is -3.61. The summed E-state index contributed by atoms with van der Waals surface area (Å²) in [5.41, 5.74) is 1.04. The molecule has 0 heterocycles. The summed E-state index contributed by atoms with van der Waals surface area (Å²) in [7, 11) is 1.54. The van der Waals surface area contributed by atoms with Gasteiger partial charge in [0.05, 0.1) is 7.11 Å². The number of aliphatic carboxylic acids is 1. The predicted octanol–water partition coefficient (Wildman–Crippen LogP) is 1.11. The van der Waals surface area contributed by atoms with Gasteiger partial charge in [0.25, 0.3) is 11.8 Å². The lowest BCUT2D eigenvalue weighted by atomic mass is 10.1. The van der Waals surface area contributed by atoms with Crippen LogP contribution in [0.5, 0.6) is 5.75 Å². The van der Waals surface area contributed by atoms with Gasteiger partial charge in [-0.2, -0.15) is 0 Å². The highest BCUT2D eigenvalue weighted by Gasteiger charge is 2.16. The number of benzene rings is 2. The van der Waals surface area contributed by atoms with Crippen molar-refractivity contribution in [3.05, 3.63) is 71.4 Å². The van der Waals surface area contributed by atoms with Gasteiger partial charge >= 0.3 is 0 Å². The number of amides is 2. The molecule has 0 aliphatic heterocycles. The van der Waals surface area contributed by atoms with Crippen LogP contribution in [0.4, 0.5) is 0 Å². The average molecular weight is 381 g/mol. The van der Waals surface area contributed by atoms with Crippen molar-refractivity contribution in [3.63, 3.8) is 0 Å². The van der Waals surface area contributed by atoms with E-state index in [4.69, 9.17) is 4.74 Å². The van der Waals surface area contributed by atoms with Gasteiger partial charge in [0.15, 0.2) is 0 Å². The van der Waals surface area contributed by atoms with E-state index in [0.717, 1.165) is 0 Å². The summed E-state index contributed by atoms with van der Waals surface area (Å²) >= 11 is 0. The van der Waals surface area contributed by atoms with Gasteiger partial charge in [-0.05, 0) is 42.8 Å². The summed E-state index contributed by atoms with van der Waals surface area (Å²) in [5.74, 6) is -1.68. The van der Waals surface area contributed by atoms with E-state index in [0.29, 0.717) is 16.9 Å². The van der Waals surface area contributed by atoms with Crippen LogP contribution in [0.1, 0.15) is 29.3 Å². The van der Waals surface area contributed by atoms with Crippen molar-refractivity contribution in [2.75, 3.05) is 7.11 Å². The fourth-order valence-corrected chi connectivity index (χ4v) is 2.41. The maximum absolute atomic E-state index is 12.6. The minimum atomic E-state index is -1.28. The number of ether oxygens (including phenoxy) is 1. The van der Waals surface area contributed by atoms with Crippen LogP contribution >= 0.6 is 0 Å². The molecule has 0 aromatic heterocycles. The van der Waals surface area contributed by atoms with E-state index in [1.165, 1.54) is 13.0 Å². The number of nitrogens with one attached hydrogen (secondary N) is 2. The molecule has 146 valence electrons. The van der Waals surface area contributed by atoms with Crippen LogP contribution in [-0.2, 0) is 9.59 Å². The van der Waals surface area contributed by atoms with Gasteiger partial charge in [-0.15, -0.1) is 0 Å². The molecule has 2 aromatic carbocycles. The monoisotopic (exact) mass is 381 g/mol. The Morgan fingerprint density at radius 3 is 2.29 bits per heavy atom. The maximum Gasteiger partial charge on any atom is 0.268 e. The summed E-state index contributed by atoms with van der Waals surface area (Å²) in [4.78, 5) is 35.8. The molecule has 0 aliphatic rings. The zero-order valence-corrected chi connectivity index (χ0v) is 15.6. The van der Waals surface area contributed by atoms with Crippen LogP contribution < -0.4 is 20.5 Å². The normalized spacial score (nSPS) is 12.0. The summed E-state index contributed by atoms with van der Waals surface area (Å²) < 4.78 is 5.10. The van der Waals surface area contributed by atoms with E-state index in [1.807, 2.05) is 0 Å². The Bertz CT molecular complexity index is 860. The van der Waals surface area contributed by atoms with Crippen molar-refractivity contribution in [2.45, 2.75) is 19.4 Å². The molecule has 7 heteroatoms. The first-order valence-corrected chi connectivity index (χ1v) is 8.62. The lowest BCUT2D eigenvalue weighted by Crippen LogP contribution is -2.41. The number of carboxylic acids is 1. The van der Waals surface area contributed by atoms with Gasteiger partial charge in [0, 0.05) is 24.0 Å². The summed E-state index contributed by atoms with van der Waals surface area (Å²) in [6, 6.07) is 14.7. The molecule has 2 amide bonds. The molecule has 0 saturated carbocycles. The van der Waals surface area contributed by atoms with Gasteiger partial charge in [-0.3, -0.25) is 9.59 Å². The zero-order valence-electron chi connectivity index (χ0n) is 15.6. The second-order valence-electron chi connectivity index (χ2n) is 6.10. The standard InChI is InChI=1S/C21H22N2O5/c1-14(12-19(24)25)22-21(27)18(13-15-8-10-17(28-2)11-9-15)23-20(26)16-6-4-3-5-7-16/h3-11,13-14H,12H2,1-2H3,(H,22,27)(H,23,26)(H,24,25)/p-1/b18-13+/t14-/m1/s1. The van der Waals surface area contributed by atoms with E-state index >= 15 is 0 Å². The predicted molar refractivity (Wildman–Crippen MR) is 102 cm³/mol. The van der Waals surface area contributed by atoms with Crippen molar-refractivity contribution in [3.8, 4) is 5.75 Å². The minimum absolute atomic E-state index is 0.00998. The maximum atomic E-state index is 12.6. The fraction of sp³-hybridized carbons (Fsp3) is 0.190. The van der Waals surface area contributed by atoms with Gasteiger partial charge in [-0.1, -0.05) is 30.3 Å². The van der Waals surface area contributed by atoms with E-state index < -0.39 is 23.8 Å². The van der Waals surface area contributed by atoms with Gasteiger partial charge in [0.1, 0.15) is 11.4 Å². The molecule has 2 rings (SSSR count). The van der Waals surface area contributed by atoms with E-state index in [2.05, 4.69) is 10.6 Å². The van der Waals surface area contributed by atoms with Crippen molar-refractivity contribution < 1.29 is 24.2 Å². The molecule has 0 aliphatic carbocycles. The first-order valence-electron chi connectivity index (χ1n) is 8.62. The van der Waals surface area contributed by atoms with Gasteiger partial charge in [0.2, 0.25) is 0 Å². The highest BCUT2D eigenvalue weighted by molar-refractivity contribution is 6.05. The number of hydrogen-bond acceptors (Lipinski definition) is 5. The average Bonchev–Trinajstić information content (AvgIpc) is 2.67. The molecule has 2 N–H and O–H groups in total. The first-order chi connectivity index (χ1) is 13.4. The first kappa shape index (κ1) is 20.7. The molecule has 0 fully saturated rings. The highest BCUT2D eigenvalue weighted by Crippen LogP contribution is 2.14. The van der Waals surface area contributed by atoms with E-state index in [9.17, 15) is 19.5 Å². The third-order valence-electron chi connectivity index (χ3n) is 3.81. The number of rotatable bonds is 8. The third-order valence-corrected chi connectivity index (χ3v) is 3.81. The minimum Gasteiger partial charge on any atom is -0.550 e. The molecule has 0 saturated heterocycles. The number of carboxylic acid groups (broad SMARTS) is 1. The zero-order chi connectivity index (χ0) is 20.5. The molecular formula is C21H21N2O5-. The number of methoxy groups -OCH3 is 1. The molecule has 0 spiro atoms. The SMILES string of the molecule is COc1ccc(/C=C(/NC(=O)c2ccccc2)C(=O)N[C@H](C)CC(=O)[O-])cc1. The number of carbonyl (C=O) groups is 3. The molecule has 0 unspecified atom stereocenters. The molecular weight excluding hydrogens is 360 g/mol. The van der Waals surface area contributed by atoms with Crippen molar-refractivity contribution in [2.24, 2.45) is 0 Å². The van der Waals surface area contributed by atoms with Crippen molar-refractivity contribution >= 4 is 23.9 Å². The Labute approximate surface area is 163 Å². The van der Waals surface area contributed by atoms with Gasteiger partial charge in [-0.25, -0.2) is 0 Å². The van der Waals surface area contributed by atoms with Crippen LogP contribution in [0.15, 0.2) is 60.3 Å². The largest absolute Gasteiger partial charge is 0.550 e. The Balaban J connectivity index is 2.25. The lowest BCUT2D eigenvalue weighted by Gasteiger charge is -2.16. The number of carbonyl (C=O) groups excluding carboxylic acids is 3. The van der Waals surface area contributed by atoms with Crippen molar-refractivity contribution in [1.82, 2.24) is 10.6 Å².